The molecule has 1 aromatic heterocycles. The molecule has 0 atom stereocenters. The molecule has 13 heavy (non-hydrogen) atoms. The Morgan fingerprint density at radius 3 is 3.00 bits per heavy atom. The Morgan fingerprint density at radius 1 is 1.38 bits per heavy atom. The van der Waals surface area contributed by atoms with Gasteiger partial charge in [-0.2, -0.15) is 0 Å². The van der Waals surface area contributed by atoms with Crippen molar-refractivity contribution in [2.75, 3.05) is 0 Å². The molecule has 4 heteroatoms. The van der Waals surface area contributed by atoms with E-state index >= 15 is 0 Å². The van der Waals surface area contributed by atoms with E-state index in [-0.39, 0.29) is 0 Å². The van der Waals surface area contributed by atoms with E-state index in [4.69, 9.17) is 5.73 Å². The highest BCUT2D eigenvalue weighted by Crippen LogP contribution is 2.20. The fourth-order valence-corrected chi connectivity index (χ4v) is 1.68. The number of aromatic nitrogens is 2. The Kier molecular flexibility index (Phi) is 2.33. The largest absolute Gasteiger partial charge is 0.326 e. The summed E-state index contributed by atoms with van der Waals surface area (Å²) in [5.41, 5.74) is 9.47. The van der Waals surface area contributed by atoms with Crippen LogP contribution in [0, 0.1) is 0 Å². The first kappa shape index (κ1) is 8.34. The van der Waals surface area contributed by atoms with Crippen LogP contribution in [0.2, 0.25) is 0 Å². The van der Waals surface area contributed by atoms with Crippen molar-refractivity contribution in [2.45, 2.75) is 6.54 Å². The first-order valence-electron chi connectivity index (χ1n) is 3.95. The molecule has 0 aliphatic carbocycles. The lowest BCUT2D eigenvalue weighted by Gasteiger charge is -1.98. The van der Waals surface area contributed by atoms with E-state index in [1.54, 1.807) is 5.51 Å². The monoisotopic (exact) mass is 191 g/mol. The van der Waals surface area contributed by atoms with Crippen molar-refractivity contribution in [1.82, 2.24) is 10.2 Å². The molecule has 0 unspecified atom stereocenters. The summed E-state index contributed by atoms with van der Waals surface area (Å²) in [5.74, 6) is 0. The fourth-order valence-electron chi connectivity index (χ4n) is 1.13. The molecular weight excluding hydrogens is 182 g/mol. The normalized spacial score (nSPS) is 10.2. The van der Waals surface area contributed by atoms with Gasteiger partial charge < -0.3 is 5.73 Å². The van der Waals surface area contributed by atoms with E-state index in [9.17, 15) is 0 Å². The molecule has 0 aliphatic heterocycles. The number of benzene rings is 1. The zero-order valence-corrected chi connectivity index (χ0v) is 7.79. The summed E-state index contributed by atoms with van der Waals surface area (Å²) in [6, 6.07) is 8.05. The van der Waals surface area contributed by atoms with Crippen LogP contribution < -0.4 is 5.73 Å². The Morgan fingerprint density at radius 2 is 2.31 bits per heavy atom. The van der Waals surface area contributed by atoms with E-state index in [1.807, 2.05) is 24.3 Å². The van der Waals surface area contributed by atoms with Gasteiger partial charge in [0.2, 0.25) is 0 Å². The first-order chi connectivity index (χ1) is 6.40. The summed E-state index contributed by atoms with van der Waals surface area (Å²) in [6.45, 7) is 0.562. The van der Waals surface area contributed by atoms with Crippen LogP contribution in [0.5, 0.6) is 0 Å². The molecule has 66 valence electrons. The van der Waals surface area contributed by atoms with Crippen LogP contribution in [0.25, 0.3) is 10.6 Å². The molecule has 0 radical (unpaired) electrons. The Hall–Kier alpha value is -1.26. The molecule has 2 N–H and O–H groups in total. The van der Waals surface area contributed by atoms with Crippen LogP contribution in [0.1, 0.15) is 5.56 Å². The van der Waals surface area contributed by atoms with Gasteiger partial charge in [0.05, 0.1) is 0 Å². The van der Waals surface area contributed by atoms with Crippen molar-refractivity contribution in [3.63, 3.8) is 0 Å². The van der Waals surface area contributed by atoms with Crippen molar-refractivity contribution in [3.05, 3.63) is 35.3 Å². The molecule has 0 spiro atoms. The Bertz CT molecular complexity index is 384. The van der Waals surface area contributed by atoms with Gasteiger partial charge in [0.25, 0.3) is 0 Å². The molecule has 0 fully saturated rings. The lowest BCUT2D eigenvalue weighted by molar-refractivity contribution is 1.07. The summed E-state index contributed by atoms with van der Waals surface area (Å²) in [7, 11) is 0. The van der Waals surface area contributed by atoms with Crippen LogP contribution in [-0.2, 0) is 6.54 Å². The van der Waals surface area contributed by atoms with Gasteiger partial charge in [-0.25, -0.2) is 0 Å². The second kappa shape index (κ2) is 3.64. The van der Waals surface area contributed by atoms with Gasteiger partial charge >= 0.3 is 0 Å². The lowest BCUT2D eigenvalue weighted by atomic mass is 10.1. The highest BCUT2D eigenvalue weighted by atomic mass is 32.1. The molecule has 0 bridgehead atoms. The van der Waals surface area contributed by atoms with Gasteiger partial charge in [-0.3, -0.25) is 0 Å². The highest BCUT2D eigenvalue weighted by molar-refractivity contribution is 7.12. The summed E-state index contributed by atoms with van der Waals surface area (Å²) < 4.78 is 0. The molecule has 1 heterocycles. The molecule has 0 amide bonds. The van der Waals surface area contributed by atoms with E-state index in [1.165, 1.54) is 11.3 Å². The average molecular weight is 191 g/mol. The van der Waals surface area contributed by atoms with Crippen molar-refractivity contribution in [3.8, 4) is 10.6 Å². The zero-order valence-electron chi connectivity index (χ0n) is 6.97. The maximum atomic E-state index is 5.54. The summed E-state index contributed by atoms with van der Waals surface area (Å²) in [4.78, 5) is 0. The minimum Gasteiger partial charge on any atom is -0.326 e. The topological polar surface area (TPSA) is 51.8 Å². The molecule has 2 rings (SSSR count). The van der Waals surface area contributed by atoms with E-state index < -0.39 is 0 Å². The first-order valence-corrected chi connectivity index (χ1v) is 4.83. The number of nitrogens with zero attached hydrogens (tertiary/aromatic N) is 2. The van der Waals surface area contributed by atoms with Crippen LogP contribution in [-0.4, -0.2) is 10.2 Å². The molecule has 0 saturated heterocycles. The third-order valence-electron chi connectivity index (χ3n) is 1.77. The van der Waals surface area contributed by atoms with Crippen LogP contribution in [0.4, 0.5) is 0 Å². The van der Waals surface area contributed by atoms with Gasteiger partial charge in [-0.05, 0) is 11.6 Å². The van der Waals surface area contributed by atoms with Crippen molar-refractivity contribution < 1.29 is 0 Å². The lowest BCUT2D eigenvalue weighted by Crippen LogP contribution is -1.95. The molecular formula is C9H9N3S. The second-order valence-electron chi connectivity index (χ2n) is 2.65. The zero-order chi connectivity index (χ0) is 9.10. The number of nitrogens with two attached hydrogens (primary N) is 1. The van der Waals surface area contributed by atoms with Crippen molar-refractivity contribution in [2.24, 2.45) is 5.73 Å². The van der Waals surface area contributed by atoms with Crippen LogP contribution >= 0.6 is 11.3 Å². The molecule has 3 nitrogen and oxygen atoms in total. The number of hydrogen-bond donors (Lipinski definition) is 1. The minimum atomic E-state index is 0.562. The molecule has 1 aromatic carbocycles. The van der Waals surface area contributed by atoms with E-state index in [0.29, 0.717) is 6.54 Å². The third kappa shape index (κ3) is 1.74. The SMILES string of the molecule is NCc1cccc(-c2nncs2)c1. The van der Waals surface area contributed by atoms with Crippen LogP contribution in [0.15, 0.2) is 29.8 Å². The predicted octanol–water partition coefficient (Wildman–Crippen LogP) is 1.66. The Balaban J connectivity index is 2.41. The molecule has 0 saturated carbocycles. The van der Waals surface area contributed by atoms with Crippen molar-refractivity contribution in [1.29, 1.82) is 0 Å². The summed E-state index contributed by atoms with van der Waals surface area (Å²) >= 11 is 1.53. The maximum Gasteiger partial charge on any atom is 0.147 e. The minimum absolute atomic E-state index is 0.562. The summed E-state index contributed by atoms with van der Waals surface area (Å²) in [6.07, 6.45) is 0. The quantitative estimate of drug-likeness (QED) is 0.785. The van der Waals surface area contributed by atoms with Gasteiger partial charge in [0.15, 0.2) is 0 Å². The molecule has 2 aromatic rings. The number of rotatable bonds is 2. The van der Waals surface area contributed by atoms with Crippen molar-refractivity contribution >= 4 is 11.3 Å². The van der Waals surface area contributed by atoms with E-state index in [0.717, 1.165) is 16.1 Å². The van der Waals surface area contributed by atoms with Gasteiger partial charge in [0.1, 0.15) is 10.5 Å². The average Bonchev–Trinajstić information content (AvgIpc) is 2.71. The second-order valence-corrected chi connectivity index (χ2v) is 3.48. The Labute approximate surface area is 80.2 Å². The van der Waals surface area contributed by atoms with Gasteiger partial charge in [-0.1, -0.05) is 29.5 Å². The number of hydrogen-bond acceptors (Lipinski definition) is 4. The highest BCUT2D eigenvalue weighted by Gasteiger charge is 2.00. The van der Waals surface area contributed by atoms with Gasteiger partial charge in [0, 0.05) is 12.1 Å². The smallest absolute Gasteiger partial charge is 0.147 e. The third-order valence-corrected chi connectivity index (χ3v) is 2.51. The van der Waals surface area contributed by atoms with Gasteiger partial charge in [-0.15, -0.1) is 10.2 Å². The standard InChI is InChI=1S/C9H9N3S/c10-5-7-2-1-3-8(4-7)9-12-11-6-13-9/h1-4,6H,5,10H2. The van der Waals surface area contributed by atoms with E-state index in [2.05, 4.69) is 10.2 Å². The molecule has 0 aliphatic rings. The fraction of sp³-hybridized carbons (Fsp3) is 0.111. The maximum absolute atomic E-state index is 5.54. The van der Waals surface area contributed by atoms with Crippen LogP contribution in [0.3, 0.4) is 0 Å². The summed E-state index contributed by atoms with van der Waals surface area (Å²) in [5, 5.41) is 8.72. The predicted molar refractivity (Wildman–Crippen MR) is 53.2 cm³/mol.